The minimum Gasteiger partial charge on any atom is -0.208 e. The van der Waals surface area contributed by atoms with E-state index < -0.39 is 16.1 Å². The van der Waals surface area contributed by atoms with Gasteiger partial charge in [0.2, 0.25) is 0 Å². The molecule has 2 aromatic heterocycles. The fraction of sp³-hybridized carbons (Fsp3) is 0.0435. The van der Waals surface area contributed by atoms with Crippen LogP contribution in [0.4, 0.5) is 0 Å². The maximum absolute atomic E-state index is 5.28. The molecule has 4 heterocycles. The summed E-state index contributed by atoms with van der Waals surface area (Å²) in [7, 11) is -3.53. The van der Waals surface area contributed by atoms with Gasteiger partial charge in [-0.2, -0.15) is 0 Å². The molecular formula is C92H66N6Si2. The van der Waals surface area contributed by atoms with Gasteiger partial charge in [-0.25, -0.2) is 29.9 Å². The Kier molecular flexibility index (Phi) is 14.7. The second kappa shape index (κ2) is 24.4. The zero-order valence-corrected chi connectivity index (χ0v) is 57.9. The molecule has 19 rings (SSSR count). The van der Waals surface area contributed by atoms with Crippen molar-refractivity contribution < 1.29 is 0 Å². The molecule has 0 spiro atoms. The van der Waals surface area contributed by atoms with Crippen LogP contribution in [0.1, 0.15) is 0 Å². The molecule has 472 valence electrons. The molecular weight excluding hydrogens is 1250 g/mol. The molecule has 2 aliphatic heterocycles. The Morgan fingerprint density at radius 3 is 0.720 bits per heavy atom. The van der Waals surface area contributed by atoms with Crippen molar-refractivity contribution in [1.29, 1.82) is 0 Å². The van der Waals surface area contributed by atoms with E-state index in [1.54, 1.807) is 0 Å². The summed E-state index contributed by atoms with van der Waals surface area (Å²) < 4.78 is 0. The van der Waals surface area contributed by atoms with E-state index in [1.165, 1.54) is 92.4 Å². The molecule has 0 unspecified atom stereocenters. The molecule has 0 radical (unpaired) electrons. The minimum absolute atomic E-state index is 0.648. The molecule has 0 saturated carbocycles. The maximum Gasteiger partial charge on any atom is 0.165 e. The average molecular weight is 1310 g/mol. The summed E-state index contributed by atoms with van der Waals surface area (Å²) in [6.07, 6.45) is 0. The third-order valence-electron chi connectivity index (χ3n) is 20.7. The molecule has 8 heteroatoms. The van der Waals surface area contributed by atoms with Gasteiger partial charge < -0.3 is 0 Å². The number of fused-ring (bicyclic) bond motifs is 10. The molecule has 0 fully saturated rings. The first kappa shape index (κ1) is 60.2. The standard InChI is InChI=1S/C49H35N3Si.C43H31N3Si/c1-53(2)43-24-14-13-19-37(43)42-31-36(29-30-44(42)53)45-38-20-9-11-22-40(38)46(41-23-12-10-21-39(41)45)49-51-47(34-17-7-4-8-18-34)50-48(52-49)35-27-25-33(26-28-35)32-15-5-3-6-16-32;1-47(2)37-24-14-13-19-31(37)36-27-30(25-26-38(36)47)39-32-20-9-11-22-34(32)40(35-23-12-10-21-33(35)39)43-45-41(28-15-5-3-6-16-28)44-42(46-43)29-17-7-4-8-18-29/h3-31H,1-2H3;3-27H,1-2H3. The fourth-order valence-corrected chi connectivity index (χ4v) is 22.0. The van der Waals surface area contributed by atoms with Gasteiger partial charge in [0.1, 0.15) is 16.1 Å². The Morgan fingerprint density at radius 2 is 0.390 bits per heavy atom. The highest BCUT2D eigenvalue weighted by atomic mass is 28.3. The summed E-state index contributed by atoms with van der Waals surface area (Å²) in [6, 6.07) is 117. The molecule has 0 N–H and O–H groups in total. The second-order valence-electron chi connectivity index (χ2n) is 27.2. The van der Waals surface area contributed by atoms with Gasteiger partial charge in [0.25, 0.3) is 0 Å². The molecule has 6 nitrogen and oxygen atoms in total. The number of hydrogen-bond acceptors (Lipinski definition) is 6. The van der Waals surface area contributed by atoms with Crippen LogP contribution in [-0.2, 0) is 0 Å². The van der Waals surface area contributed by atoms with E-state index in [0.717, 1.165) is 60.5 Å². The normalized spacial score (nSPS) is 13.0. The van der Waals surface area contributed by atoms with Crippen LogP contribution in [0.25, 0.3) is 167 Å². The number of hydrogen-bond donors (Lipinski definition) is 0. The SMILES string of the molecule is C[Si]1(C)c2ccccc2-c2cc(-c3c4ccccc4c(-c4nc(-c5ccccc5)nc(-c5ccc(-c6ccccc6)cc5)n4)c4ccccc34)ccc21.C[Si]1(C)c2ccccc2-c2cc(-c3c4ccccc4c(-c4nc(-c5ccccc5)nc(-c5ccccc5)n4)c4ccccc34)ccc21. The highest BCUT2D eigenvalue weighted by molar-refractivity contribution is 7.04. The number of aromatic nitrogens is 6. The lowest BCUT2D eigenvalue weighted by Gasteiger charge is -2.20. The number of rotatable bonds is 9. The van der Waals surface area contributed by atoms with Crippen LogP contribution in [-0.4, -0.2) is 46.1 Å². The Balaban J connectivity index is 0.000000145. The van der Waals surface area contributed by atoms with E-state index >= 15 is 0 Å². The van der Waals surface area contributed by atoms with E-state index in [2.05, 4.69) is 293 Å². The lowest BCUT2D eigenvalue weighted by Crippen LogP contribution is -2.49. The first-order valence-corrected chi connectivity index (χ1v) is 40.3. The van der Waals surface area contributed by atoms with Crippen LogP contribution in [0, 0.1) is 0 Å². The lowest BCUT2D eigenvalue weighted by atomic mass is 9.87. The van der Waals surface area contributed by atoms with Gasteiger partial charge in [0.05, 0.1) is 0 Å². The van der Waals surface area contributed by atoms with Gasteiger partial charge in [-0.05, 0) is 132 Å². The third kappa shape index (κ3) is 10.2. The molecule has 17 aromatic rings. The van der Waals surface area contributed by atoms with Crippen LogP contribution < -0.4 is 20.7 Å². The van der Waals surface area contributed by atoms with Crippen LogP contribution in [0.15, 0.2) is 328 Å². The molecule has 0 aliphatic carbocycles. The van der Waals surface area contributed by atoms with Crippen LogP contribution in [0.2, 0.25) is 26.2 Å². The van der Waals surface area contributed by atoms with Crippen molar-refractivity contribution in [2.45, 2.75) is 26.2 Å². The fourth-order valence-electron chi connectivity index (χ4n) is 15.8. The van der Waals surface area contributed by atoms with Crippen molar-refractivity contribution in [2.75, 3.05) is 0 Å². The van der Waals surface area contributed by atoms with Gasteiger partial charge >= 0.3 is 0 Å². The van der Waals surface area contributed by atoms with E-state index in [-0.39, 0.29) is 0 Å². The third-order valence-corrected chi connectivity index (χ3v) is 27.8. The van der Waals surface area contributed by atoms with Crippen molar-refractivity contribution in [3.8, 4) is 124 Å². The van der Waals surface area contributed by atoms with Crippen LogP contribution in [0.5, 0.6) is 0 Å². The van der Waals surface area contributed by atoms with Gasteiger partial charge in [-0.3, -0.25) is 0 Å². The molecule has 0 atom stereocenters. The smallest absolute Gasteiger partial charge is 0.165 e. The number of benzene rings is 15. The van der Waals surface area contributed by atoms with Crippen molar-refractivity contribution >= 4 is 80.0 Å². The van der Waals surface area contributed by atoms with Gasteiger partial charge in [0.15, 0.2) is 34.9 Å². The Bertz CT molecular complexity index is 5910. The van der Waals surface area contributed by atoms with E-state index in [9.17, 15) is 0 Å². The van der Waals surface area contributed by atoms with Crippen LogP contribution >= 0.6 is 0 Å². The van der Waals surface area contributed by atoms with Gasteiger partial charge in [-0.15, -0.1) is 0 Å². The van der Waals surface area contributed by atoms with Gasteiger partial charge in [0, 0.05) is 33.4 Å². The zero-order valence-electron chi connectivity index (χ0n) is 55.9. The first-order chi connectivity index (χ1) is 49.1. The number of nitrogens with zero attached hydrogens (tertiary/aromatic N) is 6. The summed E-state index contributed by atoms with van der Waals surface area (Å²) in [4.78, 5) is 30.9. The maximum atomic E-state index is 5.28. The Labute approximate surface area is 583 Å². The van der Waals surface area contributed by atoms with Crippen molar-refractivity contribution in [3.05, 3.63) is 328 Å². The summed E-state index contributed by atoms with van der Waals surface area (Å²) in [6.45, 7) is 9.89. The van der Waals surface area contributed by atoms with Crippen LogP contribution in [0.3, 0.4) is 0 Å². The predicted molar refractivity (Wildman–Crippen MR) is 423 cm³/mol. The van der Waals surface area contributed by atoms with Crippen molar-refractivity contribution in [1.82, 2.24) is 29.9 Å². The summed E-state index contributed by atoms with van der Waals surface area (Å²) >= 11 is 0. The van der Waals surface area contributed by atoms with E-state index in [4.69, 9.17) is 29.9 Å². The summed E-state index contributed by atoms with van der Waals surface area (Å²) in [5.74, 6) is 3.96. The molecule has 0 amide bonds. The molecule has 100 heavy (non-hydrogen) atoms. The quantitative estimate of drug-likeness (QED) is 0.106. The summed E-state index contributed by atoms with van der Waals surface area (Å²) in [5.41, 5.74) is 18.7. The van der Waals surface area contributed by atoms with E-state index in [1.807, 2.05) is 60.7 Å². The topological polar surface area (TPSA) is 77.3 Å². The highest BCUT2D eigenvalue weighted by Crippen LogP contribution is 2.47. The second-order valence-corrected chi connectivity index (χ2v) is 35.9. The zero-order chi connectivity index (χ0) is 67.1. The largest absolute Gasteiger partial charge is 0.208 e. The monoisotopic (exact) mass is 1310 g/mol. The lowest BCUT2D eigenvalue weighted by molar-refractivity contribution is 1.08. The Hall–Kier alpha value is -12.2. The molecule has 15 aromatic carbocycles. The minimum atomic E-state index is -1.78. The van der Waals surface area contributed by atoms with E-state index in [0.29, 0.717) is 34.9 Å². The Morgan fingerprint density at radius 1 is 0.170 bits per heavy atom. The van der Waals surface area contributed by atoms with Crippen molar-refractivity contribution in [2.24, 2.45) is 0 Å². The highest BCUT2D eigenvalue weighted by Gasteiger charge is 2.39. The first-order valence-electron chi connectivity index (χ1n) is 34.3. The summed E-state index contributed by atoms with van der Waals surface area (Å²) in [5, 5.41) is 15.3. The predicted octanol–water partition coefficient (Wildman–Crippen LogP) is 21.0. The van der Waals surface area contributed by atoms with Gasteiger partial charge in [-0.1, -0.05) is 342 Å². The average Bonchev–Trinajstić information content (AvgIpc) is 1.36. The molecule has 2 aliphatic rings. The van der Waals surface area contributed by atoms with Crippen molar-refractivity contribution in [3.63, 3.8) is 0 Å². The molecule has 0 bridgehead atoms. The molecule has 0 saturated heterocycles.